The van der Waals surface area contributed by atoms with Crippen LogP contribution in [0.15, 0.2) is 59.6 Å². The Morgan fingerprint density at radius 2 is 1.88 bits per heavy atom. The van der Waals surface area contributed by atoms with Gasteiger partial charge < -0.3 is 19.9 Å². The zero-order valence-corrected chi connectivity index (χ0v) is 22.3. The SMILES string of the molecule is [2H]c1c(F)cc(C([2H])([2H])c2ccc3c(c2)C(NC(=O)c2ccc(N4CCN(C([2H])([2H])[2H])CC4)cc2CC2CC([2H])([2H])OC([2H])([2H])C2)=NC3)cc1F. The summed E-state index contributed by atoms with van der Waals surface area (Å²) in [6.07, 6.45) is -2.41. The van der Waals surface area contributed by atoms with Crippen LogP contribution < -0.4 is 10.2 Å². The van der Waals surface area contributed by atoms with Gasteiger partial charge in [-0.25, -0.2) is 8.78 Å². The molecule has 2 fully saturated rings. The molecule has 0 saturated carbocycles. The number of ether oxygens (including phenoxy) is 1. The fraction of sp³-hybridized carbons (Fsp3) is 0.394. The fourth-order valence-corrected chi connectivity index (χ4v) is 5.31. The number of carbonyl (C=O) groups excluding carboxylic acids is 1. The van der Waals surface area contributed by atoms with E-state index in [0.717, 1.165) is 17.8 Å². The predicted octanol–water partition coefficient (Wildman–Crippen LogP) is 4.97. The first kappa shape index (κ1) is 18.0. The first-order valence-electron chi connectivity index (χ1n) is 18.5. The van der Waals surface area contributed by atoms with Gasteiger partial charge in [0.2, 0.25) is 0 Å². The molecular formula is C33H36F2N4O2. The second-order valence-corrected chi connectivity index (χ2v) is 10.4. The van der Waals surface area contributed by atoms with Crippen molar-refractivity contribution >= 4 is 17.4 Å². The van der Waals surface area contributed by atoms with E-state index >= 15 is 0 Å². The second-order valence-electron chi connectivity index (χ2n) is 10.4. The highest BCUT2D eigenvalue weighted by Gasteiger charge is 2.24. The van der Waals surface area contributed by atoms with Gasteiger partial charge in [-0.1, -0.05) is 12.1 Å². The van der Waals surface area contributed by atoms with Crippen LogP contribution in [0.1, 0.15) is 64.7 Å². The number of piperazine rings is 1. The Kier molecular flexibility index (Phi) is 5.32. The van der Waals surface area contributed by atoms with Gasteiger partial charge in [-0.15, -0.1) is 0 Å². The molecule has 214 valence electrons. The Labute approximate surface area is 254 Å². The molecule has 3 heterocycles. The molecule has 0 radical (unpaired) electrons. The Morgan fingerprint density at radius 3 is 2.63 bits per heavy atom. The van der Waals surface area contributed by atoms with E-state index < -0.39 is 56.0 Å². The smallest absolute Gasteiger partial charge is 0.257 e. The summed E-state index contributed by atoms with van der Waals surface area (Å²) in [6, 6.07) is 10.3. The highest BCUT2D eigenvalue weighted by atomic mass is 19.1. The van der Waals surface area contributed by atoms with Crippen LogP contribution in [0.4, 0.5) is 14.5 Å². The van der Waals surface area contributed by atoms with Crippen LogP contribution in [-0.2, 0) is 24.1 Å². The summed E-state index contributed by atoms with van der Waals surface area (Å²) in [5.74, 6) is -3.32. The van der Waals surface area contributed by atoms with Gasteiger partial charge >= 0.3 is 0 Å². The monoisotopic (exact) mass is 568 g/mol. The average Bonchev–Trinajstić information content (AvgIpc) is 3.43. The van der Waals surface area contributed by atoms with Crippen molar-refractivity contribution in [3.8, 4) is 0 Å². The Balaban J connectivity index is 1.28. The van der Waals surface area contributed by atoms with Crippen molar-refractivity contribution in [2.24, 2.45) is 10.9 Å². The maximum absolute atomic E-state index is 14.2. The largest absolute Gasteiger partial charge is 0.381 e. The molecule has 0 spiro atoms. The van der Waals surface area contributed by atoms with Crippen molar-refractivity contribution in [3.63, 3.8) is 0 Å². The lowest BCUT2D eigenvalue weighted by atomic mass is 9.89. The van der Waals surface area contributed by atoms with Gasteiger partial charge in [-0.05, 0) is 97.2 Å². The van der Waals surface area contributed by atoms with E-state index in [0.29, 0.717) is 42.9 Å². The molecule has 8 heteroatoms. The molecule has 1 N–H and O–H groups in total. The quantitative estimate of drug-likeness (QED) is 0.457. The van der Waals surface area contributed by atoms with Crippen LogP contribution in [0.25, 0.3) is 0 Å². The highest BCUT2D eigenvalue weighted by molar-refractivity contribution is 6.14. The highest BCUT2D eigenvalue weighted by Crippen LogP contribution is 2.28. The summed E-state index contributed by atoms with van der Waals surface area (Å²) in [7, 11) is 0. The van der Waals surface area contributed by atoms with Crippen molar-refractivity contribution in [3.05, 3.63) is 99.6 Å². The normalized spacial score (nSPS) is 24.5. The average molecular weight is 569 g/mol. The number of carbonyl (C=O) groups is 1. The molecule has 3 aromatic carbocycles. The number of benzene rings is 3. The minimum Gasteiger partial charge on any atom is -0.381 e. The maximum Gasteiger partial charge on any atom is 0.257 e. The van der Waals surface area contributed by atoms with Gasteiger partial charge in [0.05, 0.1) is 13.4 Å². The van der Waals surface area contributed by atoms with Crippen molar-refractivity contribution in [2.75, 3.05) is 51.2 Å². The van der Waals surface area contributed by atoms with Crippen LogP contribution in [0.3, 0.4) is 0 Å². The van der Waals surface area contributed by atoms with E-state index in [4.69, 9.17) is 18.4 Å². The van der Waals surface area contributed by atoms with Crippen molar-refractivity contribution in [2.45, 2.75) is 32.2 Å². The number of halogens is 2. The van der Waals surface area contributed by atoms with Crippen LogP contribution >= 0.6 is 0 Å². The van der Waals surface area contributed by atoms with Gasteiger partial charge in [-0.3, -0.25) is 9.79 Å². The molecule has 6 rings (SSSR count). The molecule has 0 unspecified atom stereocenters. The summed E-state index contributed by atoms with van der Waals surface area (Å²) in [5, 5.41) is 2.82. The number of aliphatic imine (C=N–C) groups is 1. The summed E-state index contributed by atoms with van der Waals surface area (Å²) in [5.41, 5.74) is 2.31. The third-order valence-electron chi connectivity index (χ3n) is 7.47. The molecule has 3 aliphatic heterocycles. The molecule has 3 aromatic rings. The summed E-state index contributed by atoms with van der Waals surface area (Å²) < 4.78 is 114. The number of nitrogens with zero attached hydrogens (tertiary/aromatic N) is 3. The third kappa shape index (κ3) is 6.49. The maximum atomic E-state index is 14.2. The Bertz CT molecular complexity index is 1840. The summed E-state index contributed by atoms with van der Waals surface area (Å²) in [6.45, 7) is -5.03. The molecule has 2 saturated heterocycles. The van der Waals surface area contributed by atoms with E-state index in [1.165, 1.54) is 17.0 Å². The standard InChI is InChI=1S/C33H36F2N4O2/c1-38-8-10-39(11-9-38)29-4-5-30(26(19-29)15-22-6-12-41-13-7-22)33(40)37-32-31-18-23(2-3-25(31)21-36-32)14-24-16-27(34)20-28(35)17-24/h2-5,16-20,22H,6-15,21H2,1H3,(H,36,37,40)/i1D3,12D2,13D2,14D2,20D. The lowest BCUT2D eigenvalue weighted by Gasteiger charge is -2.34. The number of likely N-dealkylation sites (N-methyl/N-ethyl adjacent to an activating group) is 1. The van der Waals surface area contributed by atoms with Gasteiger partial charge in [-0.2, -0.15) is 0 Å². The van der Waals surface area contributed by atoms with Gasteiger partial charge in [0.15, 0.2) is 0 Å². The Morgan fingerprint density at radius 1 is 1.10 bits per heavy atom. The molecule has 3 aliphatic rings. The second kappa shape index (κ2) is 12.1. The van der Waals surface area contributed by atoms with E-state index in [-0.39, 0.29) is 48.3 Å². The molecule has 41 heavy (non-hydrogen) atoms. The number of hydrogen-bond acceptors (Lipinski definition) is 5. The molecule has 1 amide bonds. The van der Waals surface area contributed by atoms with E-state index in [2.05, 4.69) is 10.3 Å². The molecule has 0 aliphatic carbocycles. The topological polar surface area (TPSA) is 57.2 Å². The fourth-order valence-electron chi connectivity index (χ4n) is 5.31. The number of rotatable bonds is 6. The summed E-state index contributed by atoms with van der Waals surface area (Å²) in [4.78, 5) is 21.8. The first-order valence-corrected chi connectivity index (χ1v) is 13.5. The molecular weight excluding hydrogens is 522 g/mol. The van der Waals surface area contributed by atoms with Crippen molar-refractivity contribution in [1.29, 1.82) is 0 Å². The van der Waals surface area contributed by atoms with E-state index in [1.807, 2.05) is 4.90 Å². The van der Waals surface area contributed by atoms with Gasteiger partial charge in [0, 0.05) is 69.0 Å². The number of amides is 1. The van der Waals surface area contributed by atoms with Crippen LogP contribution in [0.2, 0.25) is 0 Å². The molecule has 0 atom stereocenters. The lowest BCUT2D eigenvalue weighted by Crippen LogP contribution is -2.44. The van der Waals surface area contributed by atoms with Gasteiger partial charge in [0.25, 0.3) is 5.91 Å². The number of fused-ring (bicyclic) bond motifs is 1. The van der Waals surface area contributed by atoms with E-state index in [9.17, 15) is 13.6 Å². The Hall–Kier alpha value is -3.62. The van der Waals surface area contributed by atoms with Crippen molar-refractivity contribution in [1.82, 2.24) is 10.2 Å². The minimum absolute atomic E-state index is 0.0494. The summed E-state index contributed by atoms with van der Waals surface area (Å²) >= 11 is 0. The molecule has 0 aromatic heterocycles. The van der Waals surface area contributed by atoms with E-state index in [1.54, 1.807) is 24.3 Å². The van der Waals surface area contributed by atoms with Crippen molar-refractivity contribution < 1.29 is 32.0 Å². The number of amidine groups is 1. The van der Waals surface area contributed by atoms with Crippen LogP contribution in [0, 0.1) is 17.6 Å². The van der Waals surface area contributed by atoms with Crippen LogP contribution in [-0.4, -0.2) is 62.9 Å². The number of hydrogen-bond donors (Lipinski definition) is 1. The van der Waals surface area contributed by atoms with Crippen LogP contribution in [0.5, 0.6) is 0 Å². The molecule has 6 nitrogen and oxygen atoms in total. The zero-order chi connectivity index (χ0) is 37.1. The minimum atomic E-state index is -2.36. The number of anilines is 1. The zero-order valence-electron chi connectivity index (χ0n) is 32.3. The number of nitrogens with one attached hydrogen (secondary N) is 1. The molecule has 0 bridgehead atoms. The predicted molar refractivity (Wildman–Crippen MR) is 157 cm³/mol. The first-order chi connectivity index (χ1) is 23.7. The lowest BCUT2D eigenvalue weighted by molar-refractivity contribution is 0.0664. The third-order valence-corrected chi connectivity index (χ3v) is 7.47. The van der Waals surface area contributed by atoms with Gasteiger partial charge in [0.1, 0.15) is 17.5 Å².